The number of aromatic carboxylic acids is 1. The van der Waals surface area contributed by atoms with E-state index >= 15 is 0 Å². The van der Waals surface area contributed by atoms with Gasteiger partial charge in [-0.05, 0) is 41.8 Å². The molecule has 0 fully saturated rings. The summed E-state index contributed by atoms with van der Waals surface area (Å²) in [5.74, 6) is -0.238. The van der Waals surface area contributed by atoms with Gasteiger partial charge in [-0.2, -0.15) is 0 Å². The number of fused-ring (bicyclic) bond motifs is 1. The van der Waals surface area contributed by atoms with Crippen LogP contribution in [0.4, 0.5) is 5.82 Å². The molecule has 0 aliphatic heterocycles. The molecule has 0 aliphatic carbocycles. The van der Waals surface area contributed by atoms with Crippen LogP contribution in [-0.4, -0.2) is 21.0 Å². The number of aromatic nitrogens is 2. The highest BCUT2D eigenvalue weighted by Gasteiger charge is 2.10. The Bertz CT molecular complexity index is 862. The Balaban J connectivity index is 1.83. The Morgan fingerprint density at radius 2 is 2.04 bits per heavy atom. The molecular weight excluding hydrogens is 334 g/mol. The number of anilines is 1. The predicted octanol–water partition coefficient (Wildman–Crippen LogP) is 4.22. The maximum absolute atomic E-state index is 10.9. The van der Waals surface area contributed by atoms with Gasteiger partial charge in [0.2, 0.25) is 5.28 Å². The Labute approximate surface area is 142 Å². The van der Waals surface area contributed by atoms with E-state index in [-0.39, 0.29) is 10.8 Å². The van der Waals surface area contributed by atoms with Crippen LogP contribution in [0.15, 0.2) is 30.3 Å². The molecule has 0 spiro atoms. The van der Waals surface area contributed by atoms with Gasteiger partial charge in [0.1, 0.15) is 10.6 Å². The quantitative estimate of drug-likeness (QED) is 0.676. The van der Waals surface area contributed by atoms with Crippen LogP contribution in [0.1, 0.15) is 27.7 Å². The molecule has 7 heteroatoms. The molecule has 2 N–H and O–H groups in total. The molecule has 1 aromatic carbocycles. The SMILES string of the molecule is CCc1cc2c(NCc3ccc(C(=O)O)cc3)nc(Cl)nc2s1. The van der Waals surface area contributed by atoms with E-state index in [0.717, 1.165) is 22.2 Å². The fourth-order valence-electron chi connectivity index (χ4n) is 2.21. The fraction of sp³-hybridized carbons (Fsp3) is 0.188. The third kappa shape index (κ3) is 3.43. The first kappa shape index (κ1) is 15.7. The molecule has 23 heavy (non-hydrogen) atoms. The van der Waals surface area contributed by atoms with Crippen molar-refractivity contribution in [2.24, 2.45) is 0 Å². The number of carboxylic acids is 1. The van der Waals surface area contributed by atoms with Crippen molar-refractivity contribution in [2.45, 2.75) is 19.9 Å². The molecule has 0 radical (unpaired) electrons. The van der Waals surface area contributed by atoms with Crippen molar-refractivity contribution in [3.8, 4) is 0 Å². The average Bonchev–Trinajstić information content (AvgIpc) is 2.96. The Hall–Kier alpha value is -2.18. The first-order valence-corrected chi connectivity index (χ1v) is 8.28. The highest BCUT2D eigenvalue weighted by molar-refractivity contribution is 7.18. The molecule has 0 saturated heterocycles. The highest BCUT2D eigenvalue weighted by Crippen LogP contribution is 2.30. The van der Waals surface area contributed by atoms with E-state index in [0.29, 0.717) is 12.4 Å². The van der Waals surface area contributed by atoms with Gasteiger partial charge in [0, 0.05) is 11.4 Å². The molecule has 0 atom stereocenters. The number of carbonyl (C=O) groups is 1. The lowest BCUT2D eigenvalue weighted by Gasteiger charge is -2.07. The van der Waals surface area contributed by atoms with Crippen molar-refractivity contribution < 1.29 is 9.90 Å². The van der Waals surface area contributed by atoms with E-state index in [1.807, 2.05) is 0 Å². The molecule has 0 aliphatic rings. The summed E-state index contributed by atoms with van der Waals surface area (Å²) in [6, 6.07) is 8.80. The highest BCUT2D eigenvalue weighted by atomic mass is 35.5. The number of halogens is 1. The average molecular weight is 348 g/mol. The van der Waals surface area contributed by atoms with Gasteiger partial charge in [-0.15, -0.1) is 11.3 Å². The van der Waals surface area contributed by atoms with Crippen LogP contribution < -0.4 is 5.32 Å². The molecule has 5 nitrogen and oxygen atoms in total. The second kappa shape index (κ2) is 6.52. The van der Waals surface area contributed by atoms with Gasteiger partial charge in [0.25, 0.3) is 0 Å². The van der Waals surface area contributed by atoms with Crippen LogP contribution in [0.5, 0.6) is 0 Å². The Morgan fingerprint density at radius 1 is 1.30 bits per heavy atom. The van der Waals surface area contributed by atoms with Crippen LogP contribution in [0.25, 0.3) is 10.2 Å². The first-order valence-electron chi connectivity index (χ1n) is 7.09. The maximum atomic E-state index is 10.9. The van der Waals surface area contributed by atoms with Crippen molar-refractivity contribution in [1.82, 2.24) is 9.97 Å². The first-order chi connectivity index (χ1) is 11.1. The minimum Gasteiger partial charge on any atom is -0.478 e. The molecule has 2 aromatic heterocycles. The van der Waals surface area contributed by atoms with Gasteiger partial charge < -0.3 is 10.4 Å². The van der Waals surface area contributed by atoms with E-state index in [9.17, 15) is 4.79 Å². The fourth-order valence-corrected chi connectivity index (χ4v) is 3.39. The van der Waals surface area contributed by atoms with E-state index in [1.165, 1.54) is 4.88 Å². The lowest BCUT2D eigenvalue weighted by Crippen LogP contribution is -2.03. The number of hydrogen-bond donors (Lipinski definition) is 2. The maximum Gasteiger partial charge on any atom is 0.335 e. The van der Waals surface area contributed by atoms with Crippen molar-refractivity contribution in [3.63, 3.8) is 0 Å². The van der Waals surface area contributed by atoms with Crippen molar-refractivity contribution in [2.75, 3.05) is 5.32 Å². The van der Waals surface area contributed by atoms with Gasteiger partial charge in [-0.25, -0.2) is 14.8 Å². The largest absolute Gasteiger partial charge is 0.478 e. The summed E-state index contributed by atoms with van der Waals surface area (Å²) in [7, 11) is 0. The molecule has 3 rings (SSSR count). The lowest BCUT2D eigenvalue weighted by atomic mass is 10.1. The van der Waals surface area contributed by atoms with Crippen LogP contribution in [0, 0.1) is 0 Å². The summed E-state index contributed by atoms with van der Waals surface area (Å²) in [6.07, 6.45) is 0.939. The number of nitrogens with zero attached hydrogens (tertiary/aromatic N) is 2. The minimum absolute atomic E-state index is 0.214. The second-order valence-corrected chi connectivity index (χ2v) is 6.44. The lowest BCUT2D eigenvalue weighted by molar-refractivity contribution is 0.0697. The van der Waals surface area contributed by atoms with Crippen LogP contribution in [0.2, 0.25) is 5.28 Å². The number of aryl methyl sites for hydroxylation is 1. The topological polar surface area (TPSA) is 75.1 Å². The molecule has 0 unspecified atom stereocenters. The number of rotatable bonds is 5. The summed E-state index contributed by atoms with van der Waals surface area (Å²) < 4.78 is 0. The Kier molecular flexibility index (Phi) is 4.45. The number of benzene rings is 1. The monoisotopic (exact) mass is 347 g/mol. The van der Waals surface area contributed by atoms with Crippen molar-refractivity contribution in [3.05, 3.63) is 51.6 Å². The molecule has 2 heterocycles. The van der Waals surface area contributed by atoms with Gasteiger partial charge >= 0.3 is 5.97 Å². The molecule has 3 aromatic rings. The van der Waals surface area contributed by atoms with Crippen molar-refractivity contribution in [1.29, 1.82) is 0 Å². The van der Waals surface area contributed by atoms with Gasteiger partial charge in [0.05, 0.1) is 10.9 Å². The number of hydrogen-bond acceptors (Lipinski definition) is 5. The number of thiophene rings is 1. The predicted molar refractivity (Wildman–Crippen MR) is 92.5 cm³/mol. The van der Waals surface area contributed by atoms with E-state index in [1.54, 1.807) is 35.6 Å². The zero-order valence-corrected chi connectivity index (χ0v) is 13.9. The van der Waals surface area contributed by atoms with Crippen molar-refractivity contribution >= 4 is 44.9 Å². The van der Waals surface area contributed by atoms with E-state index in [2.05, 4.69) is 28.3 Å². The van der Waals surface area contributed by atoms with Gasteiger partial charge in [-0.1, -0.05) is 19.1 Å². The summed E-state index contributed by atoms with van der Waals surface area (Å²) in [5, 5.41) is 13.3. The second-order valence-electron chi connectivity index (χ2n) is 4.98. The summed E-state index contributed by atoms with van der Waals surface area (Å²) in [4.78, 5) is 21.5. The van der Waals surface area contributed by atoms with Gasteiger partial charge in [0.15, 0.2) is 0 Å². The molecule has 0 amide bonds. The van der Waals surface area contributed by atoms with Crippen LogP contribution >= 0.6 is 22.9 Å². The van der Waals surface area contributed by atoms with E-state index in [4.69, 9.17) is 16.7 Å². The number of nitrogens with one attached hydrogen (secondary N) is 1. The molecular formula is C16H14ClN3O2S. The van der Waals surface area contributed by atoms with E-state index < -0.39 is 5.97 Å². The number of carboxylic acid groups (broad SMARTS) is 1. The molecule has 0 saturated carbocycles. The standard InChI is InChI=1S/C16H14ClN3O2S/c1-2-11-7-12-13(19-16(17)20-14(12)23-11)18-8-9-3-5-10(6-4-9)15(21)22/h3-7H,2,8H2,1H3,(H,21,22)(H,18,19,20). The zero-order chi connectivity index (χ0) is 16.4. The zero-order valence-electron chi connectivity index (χ0n) is 12.3. The van der Waals surface area contributed by atoms with Crippen LogP contribution in [0.3, 0.4) is 0 Å². The molecule has 118 valence electrons. The smallest absolute Gasteiger partial charge is 0.335 e. The third-order valence-electron chi connectivity index (χ3n) is 3.43. The minimum atomic E-state index is -0.931. The summed E-state index contributed by atoms with van der Waals surface area (Å²) in [6.45, 7) is 2.62. The normalized spacial score (nSPS) is 10.9. The Morgan fingerprint density at radius 3 is 2.70 bits per heavy atom. The van der Waals surface area contributed by atoms with Gasteiger partial charge in [-0.3, -0.25) is 0 Å². The summed E-state index contributed by atoms with van der Waals surface area (Å²) >= 11 is 7.60. The van der Waals surface area contributed by atoms with Crippen LogP contribution in [-0.2, 0) is 13.0 Å². The third-order valence-corrected chi connectivity index (χ3v) is 4.77. The molecule has 0 bridgehead atoms. The summed E-state index contributed by atoms with van der Waals surface area (Å²) in [5.41, 5.74) is 1.23.